The number of ether oxygens (including phenoxy) is 3. The lowest BCUT2D eigenvalue weighted by atomic mass is 10.3. The van der Waals surface area contributed by atoms with Gasteiger partial charge in [0, 0.05) is 6.61 Å². The van der Waals surface area contributed by atoms with E-state index in [0.29, 0.717) is 6.61 Å². The zero-order chi connectivity index (χ0) is 14.7. The minimum Gasteiger partial charge on any atom is -0.468 e. The van der Waals surface area contributed by atoms with Crippen molar-refractivity contribution in [3.63, 3.8) is 0 Å². The molecule has 0 aliphatic rings. The molecule has 110 valence electrons. The summed E-state index contributed by atoms with van der Waals surface area (Å²) in [6.45, 7) is 2.23. The summed E-state index contributed by atoms with van der Waals surface area (Å²) in [4.78, 5) is 35.3. The van der Waals surface area contributed by atoms with Crippen LogP contribution < -0.4 is 0 Å². The molecule has 19 heavy (non-hydrogen) atoms. The third-order valence-corrected chi connectivity index (χ3v) is 2.26. The number of nitrogens with zero attached hydrogens (tertiary/aromatic N) is 1. The maximum absolute atomic E-state index is 11.8. The highest BCUT2D eigenvalue weighted by Gasteiger charge is 2.20. The van der Waals surface area contributed by atoms with Crippen LogP contribution in [0.3, 0.4) is 0 Å². The fourth-order valence-corrected chi connectivity index (χ4v) is 1.24. The summed E-state index contributed by atoms with van der Waals surface area (Å²) < 4.78 is 14.1. The monoisotopic (exact) mass is 275 g/mol. The Morgan fingerprint density at radius 3 is 1.89 bits per heavy atom. The van der Waals surface area contributed by atoms with Crippen LogP contribution >= 0.6 is 0 Å². The Kier molecular flexibility index (Phi) is 9.42. The second kappa shape index (κ2) is 10.3. The first kappa shape index (κ1) is 17.4. The van der Waals surface area contributed by atoms with Gasteiger partial charge in [0.15, 0.2) is 0 Å². The van der Waals surface area contributed by atoms with E-state index in [-0.39, 0.29) is 32.0 Å². The standard InChI is InChI=1S/C12H21NO6/c1-4-6-19-7-5-10(14)13(8-11(15)17-2)9-12(16)18-3/h4-9H2,1-3H3. The molecule has 7 nitrogen and oxygen atoms in total. The molecule has 0 saturated carbocycles. The Morgan fingerprint density at radius 1 is 0.947 bits per heavy atom. The molecule has 1 amide bonds. The smallest absolute Gasteiger partial charge is 0.325 e. The lowest BCUT2D eigenvalue weighted by molar-refractivity contribution is -0.152. The highest BCUT2D eigenvalue weighted by atomic mass is 16.5. The molecule has 0 bridgehead atoms. The van der Waals surface area contributed by atoms with Gasteiger partial charge in [-0.1, -0.05) is 6.92 Å². The SMILES string of the molecule is CCCOCCC(=O)N(CC(=O)OC)CC(=O)OC. The first-order chi connectivity index (χ1) is 9.04. The van der Waals surface area contributed by atoms with Crippen LogP contribution in [0.15, 0.2) is 0 Å². The van der Waals surface area contributed by atoms with E-state index >= 15 is 0 Å². The number of carbonyl (C=O) groups excluding carboxylic acids is 3. The molecule has 0 rings (SSSR count). The van der Waals surface area contributed by atoms with E-state index in [1.807, 2.05) is 6.92 Å². The molecule has 0 radical (unpaired) electrons. The molecule has 0 atom stereocenters. The number of esters is 2. The number of carbonyl (C=O) groups is 3. The van der Waals surface area contributed by atoms with Crippen molar-refractivity contribution in [2.75, 3.05) is 40.5 Å². The van der Waals surface area contributed by atoms with E-state index in [2.05, 4.69) is 9.47 Å². The van der Waals surface area contributed by atoms with E-state index in [9.17, 15) is 14.4 Å². The van der Waals surface area contributed by atoms with Gasteiger partial charge >= 0.3 is 11.9 Å². The predicted octanol–water partition coefficient (Wildman–Crippen LogP) is -0.0223. The molecule has 0 fully saturated rings. The van der Waals surface area contributed by atoms with Gasteiger partial charge in [-0.3, -0.25) is 14.4 Å². The second-order valence-electron chi connectivity index (χ2n) is 3.76. The minimum atomic E-state index is -0.591. The molecule has 0 aromatic rings. The summed E-state index contributed by atoms with van der Waals surface area (Å²) >= 11 is 0. The summed E-state index contributed by atoms with van der Waals surface area (Å²) in [5.74, 6) is -1.54. The van der Waals surface area contributed by atoms with Crippen molar-refractivity contribution < 1.29 is 28.6 Å². The first-order valence-electron chi connectivity index (χ1n) is 6.04. The van der Waals surface area contributed by atoms with Crippen molar-refractivity contribution in [2.24, 2.45) is 0 Å². The molecule has 0 N–H and O–H groups in total. The van der Waals surface area contributed by atoms with Crippen molar-refractivity contribution in [1.82, 2.24) is 4.90 Å². The lowest BCUT2D eigenvalue weighted by Crippen LogP contribution is -2.40. The zero-order valence-corrected chi connectivity index (χ0v) is 11.6. The van der Waals surface area contributed by atoms with Crippen molar-refractivity contribution >= 4 is 17.8 Å². The summed E-state index contributed by atoms with van der Waals surface area (Å²) in [6, 6.07) is 0. The molecule has 0 aliphatic carbocycles. The summed E-state index contributed by atoms with van der Waals surface area (Å²) in [7, 11) is 2.43. The Hall–Kier alpha value is -1.63. The Bertz CT molecular complexity index is 287. The fraction of sp³-hybridized carbons (Fsp3) is 0.750. The molecule has 0 saturated heterocycles. The average molecular weight is 275 g/mol. The van der Waals surface area contributed by atoms with Crippen molar-refractivity contribution in [3.8, 4) is 0 Å². The first-order valence-corrected chi connectivity index (χ1v) is 6.04. The molecule has 0 heterocycles. The highest BCUT2D eigenvalue weighted by molar-refractivity contribution is 5.86. The van der Waals surface area contributed by atoms with Crippen LogP contribution in [-0.4, -0.2) is 63.3 Å². The van der Waals surface area contributed by atoms with E-state index in [4.69, 9.17) is 4.74 Å². The lowest BCUT2D eigenvalue weighted by Gasteiger charge is -2.20. The number of amides is 1. The van der Waals surface area contributed by atoms with Gasteiger partial charge in [0.2, 0.25) is 5.91 Å². The van der Waals surface area contributed by atoms with Crippen LogP contribution in [0, 0.1) is 0 Å². The van der Waals surface area contributed by atoms with Crippen LogP contribution in [0.4, 0.5) is 0 Å². The number of hydrogen-bond donors (Lipinski definition) is 0. The zero-order valence-electron chi connectivity index (χ0n) is 11.6. The topological polar surface area (TPSA) is 82.1 Å². The number of rotatable bonds is 9. The number of hydrogen-bond acceptors (Lipinski definition) is 6. The largest absolute Gasteiger partial charge is 0.468 e. The van der Waals surface area contributed by atoms with Crippen molar-refractivity contribution in [2.45, 2.75) is 19.8 Å². The molecular weight excluding hydrogens is 254 g/mol. The van der Waals surface area contributed by atoms with Gasteiger partial charge in [0.1, 0.15) is 13.1 Å². The van der Waals surface area contributed by atoms with Crippen LogP contribution in [0.5, 0.6) is 0 Å². The van der Waals surface area contributed by atoms with Gasteiger partial charge in [0.05, 0.1) is 27.2 Å². The van der Waals surface area contributed by atoms with Crippen LogP contribution in [-0.2, 0) is 28.6 Å². The highest BCUT2D eigenvalue weighted by Crippen LogP contribution is 1.98. The van der Waals surface area contributed by atoms with E-state index in [1.54, 1.807) is 0 Å². The second-order valence-corrected chi connectivity index (χ2v) is 3.76. The van der Waals surface area contributed by atoms with Crippen LogP contribution in [0.25, 0.3) is 0 Å². The molecular formula is C12H21NO6. The molecule has 0 aromatic heterocycles. The van der Waals surface area contributed by atoms with Crippen molar-refractivity contribution in [1.29, 1.82) is 0 Å². The van der Waals surface area contributed by atoms with Crippen LogP contribution in [0.2, 0.25) is 0 Å². The maximum atomic E-state index is 11.8. The summed E-state index contributed by atoms with van der Waals surface area (Å²) in [5, 5.41) is 0. The van der Waals surface area contributed by atoms with E-state index in [1.165, 1.54) is 14.2 Å². The predicted molar refractivity (Wildman–Crippen MR) is 66.3 cm³/mol. The maximum Gasteiger partial charge on any atom is 0.325 e. The van der Waals surface area contributed by atoms with E-state index in [0.717, 1.165) is 11.3 Å². The quantitative estimate of drug-likeness (QED) is 0.434. The molecule has 0 spiro atoms. The van der Waals surface area contributed by atoms with Gasteiger partial charge in [-0.25, -0.2) is 0 Å². The summed E-state index contributed by atoms with van der Waals surface area (Å²) in [6.07, 6.45) is 0.968. The van der Waals surface area contributed by atoms with Crippen molar-refractivity contribution in [3.05, 3.63) is 0 Å². The van der Waals surface area contributed by atoms with E-state index < -0.39 is 11.9 Å². The Balaban J connectivity index is 4.32. The molecule has 0 unspecified atom stereocenters. The van der Waals surface area contributed by atoms with Gasteiger partial charge in [-0.2, -0.15) is 0 Å². The summed E-state index contributed by atoms with van der Waals surface area (Å²) in [5.41, 5.74) is 0. The third kappa shape index (κ3) is 8.15. The fourth-order valence-electron chi connectivity index (χ4n) is 1.24. The van der Waals surface area contributed by atoms with Gasteiger partial charge in [0.25, 0.3) is 0 Å². The Labute approximate surface area is 112 Å². The third-order valence-electron chi connectivity index (χ3n) is 2.26. The minimum absolute atomic E-state index is 0.105. The Morgan fingerprint density at radius 2 is 1.47 bits per heavy atom. The van der Waals surface area contributed by atoms with Gasteiger partial charge < -0.3 is 19.1 Å². The van der Waals surface area contributed by atoms with Gasteiger partial charge in [-0.05, 0) is 6.42 Å². The average Bonchev–Trinajstić information content (AvgIpc) is 2.42. The number of methoxy groups -OCH3 is 2. The molecule has 7 heteroatoms. The van der Waals surface area contributed by atoms with Gasteiger partial charge in [-0.15, -0.1) is 0 Å². The molecule has 0 aliphatic heterocycles. The normalized spacial score (nSPS) is 9.84. The van der Waals surface area contributed by atoms with Crippen LogP contribution in [0.1, 0.15) is 19.8 Å². The molecule has 0 aromatic carbocycles.